The summed E-state index contributed by atoms with van der Waals surface area (Å²) < 4.78 is 5.99. The van der Waals surface area contributed by atoms with E-state index in [4.69, 9.17) is 4.74 Å². The van der Waals surface area contributed by atoms with Crippen molar-refractivity contribution >= 4 is 63.7 Å². The summed E-state index contributed by atoms with van der Waals surface area (Å²) in [6.45, 7) is 2.62. The van der Waals surface area contributed by atoms with E-state index in [0.717, 1.165) is 24.6 Å². The molecule has 0 fully saturated rings. The molecule has 272 valence electrons. The number of ether oxygens (including phenoxy) is 1. The molecule has 0 unspecified atom stereocenters. The van der Waals surface area contributed by atoms with Crippen molar-refractivity contribution in [3.63, 3.8) is 0 Å². The Bertz CT molecular complexity index is 1710. The van der Waals surface area contributed by atoms with Gasteiger partial charge in [0.2, 0.25) is 16.9 Å². The van der Waals surface area contributed by atoms with Gasteiger partial charge >= 0.3 is 5.97 Å². The number of thioether (sulfide) groups is 2. The number of phenols is 1. The van der Waals surface area contributed by atoms with Crippen LogP contribution in [0.15, 0.2) is 76.5 Å². The van der Waals surface area contributed by atoms with Crippen molar-refractivity contribution in [1.82, 2.24) is 10.6 Å². The lowest BCUT2D eigenvalue weighted by molar-refractivity contribution is -0.143. The van der Waals surface area contributed by atoms with Crippen molar-refractivity contribution in [2.45, 2.75) is 74.2 Å². The number of rotatable bonds is 17. The van der Waals surface area contributed by atoms with Crippen LogP contribution < -0.4 is 20.3 Å². The molecule has 0 aliphatic carbocycles. The molecule has 1 heterocycles. The molecule has 1 aliphatic rings. The fourth-order valence-corrected chi connectivity index (χ4v) is 7.41. The lowest BCUT2D eigenvalue weighted by atomic mass is 9.77. The second-order valence-electron chi connectivity index (χ2n) is 12.1. The standard InChI is InChI=1S/C37H43N3O9S2/c1-4-6-17-37(18-7-5-2)35(47)40(24-11-9-8-10-12-24)27-19-30(50-3)28(20-29(27)51-36(37)48)49-22-31(43)39-32(23-13-15-25(42)16-14-23)33(44)38-26(21-41)34(45)46/h8-16,19-20,26,32,41-42H,4-7,17-18,21-22H2,1-3H3,(H,38,44)(H,39,43)(H,45,46)/t26-,32+/m0/s1. The summed E-state index contributed by atoms with van der Waals surface area (Å²) >= 11 is 2.33. The first-order chi connectivity index (χ1) is 24.5. The van der Waals surface area contributed by atoms with E-state index in [-0.39, 0.29) is 28.1 Å². The Morgan fingerprint density at radius 1 is 0.961 bits per heavy atom. The first-order valence-corrected chi connectivity index (χ1v) is 18.7. The van der Waals surface area contributed by atoms with Crippen LogP contribution in [0.4, 0.5) is 11.4 Å². The van der Waals surface area contributed by atoms with Crippen molar-refractivity contribution in [3.05, 3.63) is 72.3 Å². The number of carbonyl (C=O) groups is 5. The Labute approximate surface area is 305 Å². The summed E-state index contributed by atoms with van der Waals surface area (Å²) in [4.78, 5) is 69.4. The summed E-state index contributed by atoms with van der Waals surface area (Å²) in [5, 5.41) is 33.0. The smallest absolute Gasteiger partial charge is 0.328 e. The zero-order chi connectivity index (χ0) is 37.1. The minimum absolute atomic E-state index is 0.0870. The molecule has 3 aromatic carbocycles. The van der Waals surface area contributed by atoms with E-state index in [2.05, 4.69) is 10.6 Å². The predicted octanol–water partition coefficient (Wildman–Crippen LogP) is 5.58. The number of aromatic hydroxyl groups is 1. The maximum absolute atomic E-state index is 14.7. The quantitative estimate of drug-likeness (QED) is 0.0862. The lowest BCUT2D eigenvalue weighted by Crippen LogP contribution is -2.49. The highest BCUT2D eigenvalue weighted by Crippen LogP contribution is 2.51. The monoisotopic (exact) mass is 737 g/mol. The fourth-order valence-electron chi connectivity index (χ4n) is 5.75. The van der Waals surface area contributed by atoms with Gasteiger partial charge in [0.25, 0.3) is 5.91 Å². The predicted molar refractivity (Wildman–Crippen MR) is 195 cm³/mol. The molecule has 0 aromatic heterocycles. The van der Waals surface area contributed by atoms with Gasteiger partial charge in [-0.05, 0) is 72.8 Å². The van der Waals surface area contributed by atoms with Crippen LogP contribution in [-0.2, 0) is 24.0 Å². The van der Waals surface area contributed by atoms with E-state index < -0.39 is 48.5 Å². The van der Waals surface area contributed by atoms with Crippen LogP contribution in [0.25, 0.3) is 0 Å². The summed E-state index contributed by atoms with van der Waals surface area (Å²) in [6, 6.07) is 15.0. The Kier molecular flexibility index (Phi) is 13.9. The van der Waals surface area contributed by atoms with Gasteiger partial charge in [-0.2, -0.15) is 0 Å². The molecular formula is C37H43N3O9S2. The molecule has 4 rings (SSSR count). The van der Waals surface area contributed by atoms with Gasteiger partial charge < -0.3 is 30.7 Å². The highest BCUT2D eigenvalue weighted by molar-refractivity contribution is 8.14. The fraction of sp³-hybridized carbons (Fsp3) is 0.378. The third-order valence-corrected chi connectivity index (χ3v) is 10.5. The number of aliphatic hydroxyl groups is 1. The number of aliphatic hydroxyl groups excluding tert-OH is 1. The molecule has 1 aliphatic heterocycles. The van der Waals surface area contributed by atoms with Crippen LogP contribution in [0.2, 0.25) is 0 Å². The molecule has 12 nitrogen and oxygen atoms in total. The number of phenolic OH excluding ortho intramolecular Hbond substituents is 1. The van der Waals surface area contributed by atoms with Crippen LogP contribution in [0.3, 0.4) is 0 Å². The number of carboxylic acids is 1. The van der Waals surface area contributed by atoms with Gasteiger partial charge in [-0.25, -0.2) is 4.79 Å². The number of hydrogen-bond acceptors (Lipinski definition) is 10. The lowest BCUT2D eigenvalue weighted by Gasteiger charge is -2.34. The van der Waals surface area contributed by atoms with Crippen LogP contribution in [0, 0.1) is 5.41 Å². The van der Waals surface area contributed by atoms with E-state index in [0.29, 0.717) is 46.8 Å². The zero-order valence-electron chi connectivity index (χ0n) is 28.7. The Morgan fingerprint density at radius 2 is 1.61 bits per heavy atom. The number of hydrogen-bond donors (Lipinski definition) is 5. The van der Waals surface area contributed by atoms with Crippen LogP contribution in [-0.4, -0.2) is 69.6 Å². The number of nitrogens with zero attached hydrogens (tertiary/aromatic N) is 1. The number of carboxylic acid groups (broad SMARTS) is 1. The third kappa shape index (κ3) is 9.23. The van der Waals surface area contributed by atoms with E-state index in [1.807, 2.05) is 50.4 Å². The maximum Gasteiger partial charge on any atom is 0.328 e. The Morgan fingerprint density at radius 3 is 2.18 bits per heavy atom. The van der Waals surface area contributed by atoms with E-state index in [9.17, 15) is 39.3 Å². The Hall–Kier alpha value is -4.53. The van der Waals surface area contributed by atoms with E-state index >= 15 is 0 Å². The minimum atomic E-state index is -1.61. The zero-order valence-corrected chi connectivity index (χ0v) is 30.4. The largest absolute Gasteiger partial charge is 0.508 e. The molecule has 0 saturated carbocycles. The van der Waals surface area contributed by atoms with Crippen molar-refractivity contribution in [3.8, 4) is 11.5 Å². The topological polar surface area (TPSA) is 183 Å². The highest BCUT2D eigenvalue weighted by Gasteiger charge is 2.50. The molecule has 3 aromatic rings. The summed E-state index contributed by atoms with van der Waals surface area (Å²) in [6.07, 6.45) is 5.73. The van der Waals surface area contributed by atoms with Crippen molar-refractivity contribution in [2.24, 2.45) is 5.41 Å². The second kappa shape index (κ2) is 18.1. The number of carbonyl (C=O) groups excluding carboxylic acids is 4. The van der Waals surface area contributed by atoms with Gasteiger partial charge in [0, 0.05) is 10.6 Å². The van der Waals surface area contributed by atoms with E-state index in [1.54, 1.807) is 17.0 Å². The molecule has 0 spiro atoms. The van der Waals surface area contributed by atoms with Crippen molar-refractivity contribution < 1.29 is 44.0 Å². The maximum atomic E-state index is 14.7. The van der Waals surface area contributed by atoms with Crippen LogP contribution in [0.5, 0.6) is 11.5 Å². The highest BCUT2D eigenvalue weighted by atomic mass is 32.2. The first-order valence-electron chi connectivity index (χ1n) is 16.7. The van der Waals surface area contributed by atoms with Gasteiger partial charge in [0.05, 0.1) is 17.2 Å². The molecule has 5 N–H and O–H groups in total. The Balaban J connectivity index is 1.67. The first kappa shape index (κ1) is 39.3. The molecule has 0 radical (unpaired) electrons. The second-order valence-corrected chi connectivity index (χ2v) is 14.0. The van der Waals surface area contributed by atoms with Gasteiger partial charge in [0.15, 0.2) is 6.61 Å². The van der Waals surface area contributed by atoms with Gasteiger partial charge in [-0.15, -0.1) is 11.8 Å². The molecule has 0 bridgehead atoms. The number of amides is 3. The molecule has 2 atom stereocenters. The SMILES string of the molecule is CCCCC1(CCCC)C(=O)Sc2cc(OCC(=O)N[C@@H](C(=O)N[C@@H](CO)C(=O)O)c3ccc(O)cc3)c(SC)cc2N(c2ccccc2)C1=O. The number of nitrogens with one attached hydrogen (secondary N) is 2. The number of para-hydroxylation sites is 1. The van der Waals surface area contributed by atoms with Gasteiger partial charge in [0.1, 0.15) is 29.0 Å². The molecule has 51 heavy (non-hydrogen) atoms. The molecular weight excluding hydrogens is 695 g/mol. The normalized spacial score (nSPS) is 14.9. The summed E-state index contributed by atoms with van der Waals surface area (Å²) in [5.41, 5.74) is 0.166. The summed E-state index contributed by atoms with van der Waals surface area (Å²) in [7, 11) is 0. The third-order valence-electron chi connectivity index (χ3n) is 8.57. The van der Waals surface area contributed by atoms with Crippen LogP contribution >= 0.6 is 23.5 Å². The number of fused-ring (bicyclic) bond motifs is 1. The van der Waals surface area contributed by atoms with Crippen LogP contribution in [0.1, 0.15) is 64.0 Å². The number of anilines is 2. The average Bonchev–Trinajstić information content (AvgIpc) is 3.21. The van der Waals surface area contributed by atoms with Gasteiger partial charge in [-0.3, -0.25) is 24.1 Å². The number of unbranched alkanes of at least 4 members (excludes halogenated alkanes) is 2. The average molecular weight is 738 g/mol. The minimum Gasteiger partial charge on any atom is -0.508 e. The molecule has 14 heteroatoms. The number of aliphatic carboxylic acids is 1. The van der Waals surface area contributed by atoms with Gasteiger partial charge in [-0.1, -0.05) is 69.9 Å². The van der Waals surface area contributed by atoms with Crippen molar-refractivity contribution in [2.75, 3.05) is 24.4 Å². The molecule has 0 saturated heterocycles. The number of benzene rings is 3. The summed E-state index contributed by atoms with van der Waals surface area (Å²) in [5.74, 6) is -3.17. The van der Waals surface area contributed by atoms with Crippen molar-refractivity contribution in [1.29, 1.82) is 0 Å². The molecule has 3 amide bonds. The van der Waals surface area contributed by atoms with E-state index in [1.165, 1.54) is 36.0 Å².